The van der Waals surface area contributed by atoms with Crippen LogP contribution in [0.5, 0.6) is 0 Å². The molecule has 2 atom stereocenters. The van der Waals surface area contributed by atoms with Crippen LogP contribution in [0.25, 0.3) is 0 Å². The Kier molecular flexibility index (Phi) is 4.81. The fourth-order valence-corrected chi connectivity index (χ4v) is 3.94. The van der Waals surface area contributed by atoms with Crippen LogP contribution >= 0.6 is 0 Å². The molecule has 0 spiro atoms. The van der Waals surface area contributed by atoms with Crippen molar-refractivity contribution in [2.45, 2.75) is 25.3 Å². The molecule has 27 heavy (non-hydrogen) atoms. The first-order chi connectivity index (χ1) is 13.1. The molecule has 1 aromatic carbocycles. The second kappa shape index (κ2) is 7.40. The first kappa shape index (κ1) is 17.5. The van der Waals surface area contributed by atoms with Gasteiger partial charge in [0.1, 0.15) is 11.6 Å². The van der Waals surface area contributed by atoms with Crippen molar-refractivity contribution in [3.05, 3.63) is 93.7 Å². The zero-order valence-electron chi connectivity index (χ0n) is 15.1. The van der Waals surface area contributed by atoms with Crippen molar-refractivity contribution < 1.29 is 4.39 Å². The lowest BCUT2D eigenvalue weighted by Gasteiger charge is -2.19. The maximum Gasteiger partial charge on any atom is 0.251 e. The third-order valence-electron chi connectivity index (χ3n) is 5.12. The summed E-state index contributed by atoms with van der Waals surface area (Å²) in [6, 6.07) is 12.4. The van der Waals surface area contributed by atoms with Crippen LogP contribution < -0.4 is 5.56 Å². The number of likely N-dealkylation sites (tertiary alicyclic amines) is 1. The molecule has 1 saturated heterocycles. The molecule has 1 fully saturated rings. The minimum Gasteiger partial charge on any atom is -0.311 e. The van der Waals surface area contributed by atoms with Gasteiger partial charge in [0.15, 0.2) is 0 Å². The van der Waals surface area contributed by atoms with Crippen molar-refractivity contribution in [3.63, 3.8) is 0 Å². The van der Waals surface area contributed by atoms with E-state index in [-0.39, 0.29) is 23.2 Å². The van der Waals surface area contributed by atoms with Gasteiger partial charge >= 0.3 is 0 Å². The first-order valence-electron chi connectivity index (χ1n) is 9.03. The lowest BCUT2D eigenvalue weighted by molar-refractivity contribution is 0.322. The highest BCUT2D eigenvalue weighted by molar-refractivity contribution is 5.29. The average Bonchev–Trinajstić information content (AvgIpc) is 3.06. The van der Waals surface area contributed by atoms with E-state index in [0.717, 1.165) is 24.3 Å². The number of aromatic nitrogens is 3. The molecule has 0 amide bonds. The summed E-state index contributed by atoms with van der Waals surface area (Å²) in [5, 5.41) is 0. The Morgan fingerprint density at radius 1 is 1.15 bits per heavy atom. The van der Waals surface area contributed by atoms with Crippen molar-refractivity contribution in [1.29, 1.82) is 0 Å². The highest BCUT2D eigenvalue weighted by Gasteiger charge is 2.37. The second-order valence-corrected chi connectivity index (χ2v) is 7.04. The number of aromatic amines is 1. The molecule has 1 aliphatic rings. The maximum absolute atomic E-state index is 14.5. The van der Waals surface area contributed by atoms with Crippen LogP contribution in [-0.2, 0) is 6.54 Å². The monoisotopic (exact) mass is 364 g/mol. The fraction of sp³-hybridized carbons (Fsp3) is 0.286. The minimum absolute atomic E-state index is 0.0373. The molecule has 0 saturated carbocycles. The van der Waals surface area contributed by atoms with Gasteiger partial charge in [-0.05, 0) is 36.2 Å². The number of pyridine rings is 1. The van der Waals surface area contributed by atoms with E-state index in [1.807, 2.05) is 24.3 Å². The molecule has 0 radical (unpaired) electrons. The summed E-state index contributed by atoms with van der Waals surface area (Å²) >= 11 is 0. The molecule has 4 rings (SSSR count). The van der Waals surface area contributed by atoms with Crippen LogP contribution in [0.3, 0.4) is 0 Å². The van der Waals surface area contributed by atoms with Gasteiger partial charge in [0.2, 0.25) is 0 Å². The van der Waals surface area contributed by atoms with E-state index in [2.05, 4.69) is 19.9 Å². The molecule has 0 bridgehead atoms. The summed E-state index contributed by atoms with van der Waals surface area (Å²) in [4.78, 5) is 25.5. The zero-order valence-corrected chi connectivity index (χ0v) is 15.1. The van der Waals surface area contributed by atoms with Gasteiger partial charge in [0, 0.05) is 49.9 Å². The van der Waals surface area contributed by atoms with E-state index in [1.165, 1.54) is 6.07 Å². The molecule has 3 aromatic rings. The smallest absolute Gasteiger partial charge is 0.251 e. The number of H-pyrrole nitrogens is 1. The number of benzene rings is 1. The summed E-state index contributed by atoms with van der Waals surface area (Å²) in [5.74, 6) is 0.281. The standard InChI is InChI=1S/C21H21FN4O/c1-14-24-20(10-21(27)25-14)18-13-26(11-15-6-8-23-9-7-15)12-17(18)16-4-2-3-5-19(16)22/h2-10,17-18H,11-13H2,1H3,(H,24,25,27)/t17-,18+/m0/s1. The Bertz CT molecular complexity index is 989. The van der Waals surface area contributed by atoms with Crippen molar-refractivity contribution in [2.24, 2.45) is 0 Å². The second-order valence-electron chi connectivity index (χ2n) is 7.04. The van der Waals surface area contributed by atoms with Crippen LogP contribution in [0.15, 0.2) is 59.7 Å². The topological polar surface area (TPSA) is 61.9 Å². The number of nitrogens with zero attached hydrogens (tertiary/aromatic N) is 3. The first-order valence-corrected chi connectivity index (χ1v) is 9.03. The van der Waals surface area contributed by atoms with E-state index < -0.39 is 0 Å². The molecular formula is C21H21FN4O. The molecule has 1 aliphatic heterocycles. The Morgan fingerprint density at radius 3 is 2.63 bits per heavy atom. The van der Waals surface area contributed by atoms with Crippen LogP contribution in [0.4, 0.5) is 4.39 Å². The van der Waals surface area contributed by atoms with E-state index in [4.69, 9.17) is 0 Å². The quantitative estimate of drug-likeness (QED) is 0.773. The van der Waals surface area contributed by atoms with Crippen molar-refractivity contribution >= 4 is 0 Å². The lowest BCUT2D eigenvalue weighted by atomic mass is 9.86. The SMILES string of the molecule is Cc1nc([C@@H]2CN(Cc3ccncc3)C[C@H]2c2ccccc2F)cc(=O)[nH]1. The van der Waals surface area contributed by atoms with Gasteiger partial charge in [0.05, 0.1) is 5.69 Å². The van der Waals surface area contributed by atoms with Gasteiger partial charge in [-0.1, -0.05) is 18.2 Å². The van der Waals surface area contributed by atoms with E-state index in [0.29, 0.717) is 17.9 Å². The number of rotatable bonds is 4. The zero-order chi connectivity index (χ0) is 18.8. The molecule has 0 aliphatic carbocycles. The third kappa shape index (κ3) is 3.80. The van der Waals surface area contributed by atoms with E-state index in [1.54, 1.807) is 31.5 Å². The van der Waals surface area contributed by atoms with E-state index in [9.17, 15) is 9.18 Å². The molecule has 138 valence electrons. The van der Waals surface area contributed by atoms with Gasteiger partial charge in [-0.15, -0.1) is 0 Å². The number of hydrogen-bond acceptors (Lipinski definition) is 4. The Balaban J connectivity index is 1.69. The molecule has 5 nitrogen and oxygen atoms in total. The normalized spacial score (nSPS) is 20.1. The molecular weight excluding hydrogens is 343 g/mol. The Morgan fingerprint density at radius 2 is 1.89 bits per heavy atom. The summed E-state index contributed by atoms with van der Waals surface area (Å²) < 4.78 is 14.5. The Labute approximate surface area is 156 Å². The summed E-state index contributed by atoms with van der Waals surface area (Å²) in [5.41, 5.74) is 2.39. The van der Waals surface area contributed by atoms with Crippen LogP contribution in [-0.4, -0.2) is 32.9 Å². The van der Waals surface area contributed by atoms with Gasteiger partial charge in [-0.25, -0.2) is 9.37 Å². The lowest BCUT2D eigenvalue weighted by Crippen LogP contribution is -2.20. The van der Waals surface area contributed by atoms with Crippen molar-refractivity contribution in [3.8, 4) is 0 Å². The third-order valence-corrected chi connectivity index (χ3v) is 5.12. The molecule has 0 unspecified atom stereocenters. The molecule has 1 N–H and O–H groups in total. The van der Waals surface area contributed by atoms with Crippen LogP contribution in [0, 0.1) is 12.7 Å². The van der Waals surface area contributed by atoms with E-state index >= 15 is 0 Å². The predicted octanol–water partition coefficient (Wildman–Crippen LogP) is 3.00. The van der Waals surface area contributed by atoms with Gasteiger partial charge in [0.25, 0.3) is 5.56 Å². The van der Waals surface area contributed by atoms with Gasteiger partial charge in [-0.2, -0.15) is 0 Å². The minimum atomic E-state index is -0.208. The molecule has 3 heterocycles. The number of aryl methyl sites for hydroxylation is 1. The Hall–Kier alpha value is -2.86. The predicted molar refractivity (Wildman–Crippen MR) is 101 cm³/mol. The van der Waals surface area contributed by atoms with Crippen molar-refractivity contribution in [1.82, 2.24) is 19.9 Å². The summed E-state index contributed by atoms with van der Waals surface area (Å²) in [6.07, 6.45) is 3.55. The van der Waals surface area contributed by atoms with Gasteiger partial charge in [-0.3, -0.25) is 14.7 Å². The molecule has 6 heteroatoms. The van der Waals surface area contributed by atoms with Crippen LogP contribution in [0.2, 0.25) is 0 Å². The van der Waals surface area contributed by atoms with Gasteiger partial charge < -0.3 is 4.98 Å². The largest absolute Gasteiger partial charge is 0.311 e. The average molecular weight is 364 g/mol. The summed E-state index contributed by atoms with van der Waals surface area (Å²) in [6.45, 7) is 3.96. The maximum atomic E-state index is 14.5. The van der Waals surface area contributed by atoms with Crippen molar-refractivity contribution in [2.75, 3.05) is 13.1 Å². The number of nitrogens with one attached hydrogen (secondary N) is 1. The summed E-state index contributed by atoms with van der Waals surface area (Å²) in [7, 11) is 0. The number of hydrogen-bond donors (Lipinski definition) is 1. The van der Waals surface area contributed by atoms with Crippen LogP contribution in [0.1, 0.15) is 34.5 Å². The highest BCUT2D eigenvalue weighted by atomic mass is 19.1. The highest BCUT2D eigenvalue weighted by Crippen LogP contribution is 2.40. The molecule has 2 aromatic heterocycles. The fourth-order valence-electron chi connectivity index (χ4n) is 3.94. The number of halogens is 1.